The molecule has 5 heteroatoms. The normalized spacial score (nSPS) is 15.0. The van der Waals surface area contributed by atoms with Crippen LogP contribution >= 0.6 is 0 Å². The molecule has 0 spiro atoms. The highest BCUT2D eigenvalue weighted by Crippen LogP contribution is 2.24. The Morgan fingerprint density at radius 3 is 2.76 bits per heavy atom. The first-order valence-corrected chi connectivity index (χ1v) is 8.61. The Morgan fingerprint density at radius 2 is 1.96 bits per heavy atom. The summed E-state index contributed by atoms with van der Waals surface area (Å²) < 4.78 is 16.6. The van der Waals surface area contributed by atoms with Crippen molar-refractivity contribution in [1.82, 2.24) is 19.7 Å². The maximum absolute atomic E-state index is 14.6. The van der Waals surface area contributed by atoms with Crippen LogP contribution in [0.4, 0.5) is 4.39 Å². The highest BCUT2D eigenvalue weighted by Gasteiger charge is 2.18. The van der Waals surface area contributed by atoms with Crippen LogP contribution in [0.15, 0.2) is 48.9 Å². The van der Waals surface area contributed by atoms with Crippen molar-refractivity contribution in [2.24, 2.45) is 7.05 Å². The Bertz CT molecular complexity index is 873. The SMILES string of the molecule is Cn1ncc2c1CCCN(Cc1ccc(-c3ccncc3)cc1F)C2. The van der Waals surface area contributed by atoms with E-state index in [9.17, 15) is 4.39 Å². The van der Waals surface area contributed by atoms with E-state index in [-0.39, 0.29) is 5.82 Å². The second kappa shape index (κ2) is 6.76. The van der Waals surface area contributed by atoms with Gasteiger partial charge in [-0.2, -0.15) is 5.10 Å². The predicted molar refractivity (Wildman–Crippen MR) is 95.3 cm³/mol. The van der Waals surface area contributed by atoms with E-state index in [4.69, 9.17) is 0 Å². The van der Waals surface area contributed by atoms with Crippen LogP contribution in [0.25, 0.3) is 11.1 Å². The third-order valence-corrected chi connectivity index (χ3v) is 4.89. The zero-order valence-corrected chi connectivity index (χ0v) is 14.3. The number of rotatable bonds is 3. The topological polar surface area (TPSA) is 34.0 Å². The first-order chi connectivity index (χ1) is 12.2. The van der Waals surface area contributed by atoms with Crippen molar-refractivity contribution in [1.29, 1.82) is 0 Å². The molecular formula is C20H21FN4. The summed E-state index contributed by atoms with van der Waals surface area (Å²) in [5.74, 6) is -0.148. The Kier molecular flexibility index (Phi) is 4.32. The summed E-state index contributed by atoms with van der Waals surface area (Å²) in [5.41, 5.74) is 5.17. The molecule has 0 unspecified atom stereocenters. The monoisotopic (exact) mass is 336 g/mol. The lowest BCUT2D eigenvalue weighted by Gasteiger charge is -2.20. The van der Waals surface area contributed by atoms with Crippen molar-refractivity contribution >= 4 is 0 Å². The molecule has 1 aliphatic heterocycles. The van der Waals surface area contributed by atoms with E-state index >= 15 is 0 Å². The Hall–Kier alpha value is -2.53. The standard InChI is InChI=1S/C20H21FN4/c1-24-20-3-2-10-25(14-18(20)12-23-24)13-17-5-4-16(11-19(17)21)15-6-8-22-9-7-15/h4-9,11-12H,2-3,10,13-14H2,1H3. The molecule has 0 amide bonds. The van der Waals surface area contributed by atoms with Gasteiger partial charge >= 0.3 is 0 Å². The van der Waals surface area contributed by atoms with Crippen LogP contribution in [-0.4, -0.2) is 26.2 Å². The number of nitrogens with zero attached hydrogens (tertiary/aromatic N) is 4. The van der Waals surface area contributed by atoms with Crippen LogP contribution in [0.2, 0.25) is 0 Å². The Balaban J connectivity index is 1.53. The van der Waals surface area contributed by atoms with Gasteiger partial charge in [-0.25, -0.2) is 4.39 Å². The fourth-order valence-electron chi connectivity index (χ4n) is 3.53. The molecule has 0 bridgehead atoms. The number of aryl methyl sites for hydroxylation is 1. The van der Waals surface area contributed by atoms with Gasteiger partial charge in [-0.3, -0.25) is 14.6 Å². The van der Waals surface area contributed by atoms with Crippen molar-refractivity contribution in [3.63, 3.8) is 0 Å². The third kappa shape index (κ3) is 3.33. The van der Waals surface area contributed by atoms with Crippen molar-refractivity contribution in [3.8, 4) is 11.1 Å². The maximum Gasteiger partial charge on any atom is 0.128 e. The van der Waals surface area contributed by atoms with Gasteiger partial charge in [0.15, 0.2) is 0 Å². The maximum atomic E-state index is 14.6. The van der Waals surface area contributed by atoms with Crippen LogP contribution in [0, 0.1) is 5.82 Å². The second-order valence-electron chi connectivity index (χ2n) is 6.60. The third-order valence-electron chi connectivity index (χ3n) is 4.89. The summed E-state index contributed by atoms with van der Waals surface area (Å²) in [6.07, 6.45) is 7.50. The highest BCUT2D eigenvalue weighted by atomic mass is 19.1. The van der Waals surface area contributed by atoms with Gasteiger partial charge in [0.2, 0.25) is 0 Å². The molecule has 4 rings (SSSR count). The van der Waals surface area contributed by atoms with Gasteiger partial charge in [0.1, 0.15) is 5.82 Å². The quantitative estimate of drug-likeness (QED) is 0.733. The number of fused-ring (bicyclic) bond motifs is 1. The van der Waals surface area contributed by atoms with Gasteiger partial charge < -0.3 is 0 Å². The Labute approximate surface area is 146 Å². The molecule has 4 nitrogen and oxygen atoms in total. The number of pyridine rings is 1. The van der Waals surface area contributed by atoms with Crippen LogP contribution in [-0.2, 0) is 26.6 Å². The number of halogens is 1. The van der Waals surface area contributed by atoms with Gasteiger partial charge in [0.05, 0.1) is 6.20 Å². The van der Waals surface area contributed by atoms with Crippen molar-refractivity contribution < 1.29 is 4.39 Å². The molecule has 25 heavy (non-hydrogen) atoms. The molecule has 0 radical (unpaired) electrons. The molecule has 0 N–H and O–H groups in total. The van der Waals surface area contributed by atoms with E-state index in [1.807, 2.05) is 42.2 Å². The van der Waals surface area contributed by atoms with Gasteiger partial charge in [0.25, 0.3) is 0 Å². The van der Waals surface area contributed by atoms with Crippen molar-refractivity contribution in [2.45, 2.75) is 25.9 Å². The highest BCUT2D eigenvalue weighted by molar-refractivity contribution is 5.63. The van der Waals surface area contributed by atoms with Gasteiger partial charge in [-0.05, 0) is 48.7 Å². The minimum Gasteiger partial charge on any atom is -0.295 e. The molecule has 3 aromatic rings. The number of hydrogen-bond donors (Lipinski definition) is 0. The van der Waals surface area contributed by atoms with Crippen LogP contribution in [0.1, 0.15) is 23.2 Å². The fraction of sp³-hybridized carbons (Fsp3) is 0.300. The molecule has 1 aromatic carbocycles. The molecule has 128 valence electrons. The van der Waals surface area contributed by atoms with E-state index in [0.717, 1.165) is 42.6 Å². The van der Waals surface area contributed by atoms with Crippen LogP contribution in [0.5, 0.6) is 0 Å². The first kappa shape index (κ1) is 16.0. The van der Waals surface area contributed by atoms with E-state index < -0.39 is 0 Å². The number of aromatic nitrogens is 3. The molecule has 1 aliphatic rings. The zero-order chi connectivity index (χ0) is 17.2. The number of hydrogen-bond acceptors (Lipinski definition) is 3. The fourth-order valence-corrected chi connectivity index (χ4v) is 3.53. The predicted octanol–water partition coefficient (Wildman–Crippen LogP) is 3.57. The minimum atomic E-state index is -0.148. The van der Waals surface area contributed by atoms with E-state index in [0.29, 0.717) is 6.54 Å². The van der Waals surface area contributed by atoms with Gasteiger partial charge in [0, 0.05) is 49.4 Å². The minimum absolute atomic E-state index is 0.148. The van der Waals surface area contributed by atoms with Crippen LogP contribution < -0.4 is 0 Å². The van der Waals surface area contributed by atoms with Crippen molar-refractivity contribution in [2.75, 3.05) is 6.54 Å². The molecule has 0 fully saturated rings. The largest absolute Gasteiger partial charge is 0.295 e. The summed E-state index contributed by atoms with van der Waals surface area (Å²) in [7, 11) is 1.99. The van der Waals surface area contributed by atoms with E-state index in [1.54, 1.807) is 18.5 Å². The van der Waals surface area contributed by atoms with Crippen LogP contribution in [0.3, 0.4) is 0 Å². The van der Waals surface area contributed by atoms with Gasteiger partial charge in [-0.15, -0.1) is 0 Å². The zero-order valence-electron chi connectivity index (χ0n) is 14.3. The summed E-state index contributed by atoms with van der Waals surface area (Å²) >= 11 is 0. The van der Waals surface area contributed by atoms with E-state index in [1.165, 1.54) is 11.3 Å². The lowest BCUT2D eigenvalue weighted by Crippen LogP contribution is -2.23. The molecule has 0 aliphatic carbocycles. The van der Waals surface area contributed by atoms with Crippen molar-refractivity contribution in [3.05, 3.63) is 71.6 Å². The summed E-state index contributed by atoms with van der Waals surface area (Å²) in [4.78, 5) is 6.31. The average Bonchev–Trinajstić information content (AvgIpc) is 2.85. The molecule has 0 saturated heterocycles. The first-order valence-electron chi connectivity index (χ1n) is 8.61. The molecule has 3 heterocycles. The molecule has 2 aromatic heterocycles. The number of benzene rings is 1. The van der Waals surface area contributed by atoms with E-state index in [2.05, 4.69) is 15.0 Å². The van der Waals surface area contributed by atoms with Gasteiger partial charge in [-0.1, -0.05) is 12.1 Å². The summed E-state index contributed by atoms with van der Waals surface area (Å²) in [6, 6.07) is 9.31. The lowest BCUT2D eigenvalue weighted by atomic mass is 10.0. The second-order valence-corrected chi connectivity index (χ2v) is 6.60. The molecule has 0 atom stereocenters. The summed E-state index contributed by atoms with van der Waals surface area (Å²) in [5, 5.41) is 4.35. The lowest BCUT2D eigenvalue weighted by molar-refractivity contribution is 0.257. The Morgan fingerprint density at radius 1 is 1.12 bits per heavy atom. The smallest absolute Gasteiger partial charge is 0.128 e. The average molecular weight is 336 g/mol. The molecular weight excluding hydrogens is 315 g/mol. The molecule has 0 saturated carbocycles. The summed E-state index contributed by atoms with van der Waals surface area (Å²) in [6.45, 7) is 2.42.